The van der Waals surface area contributed by atoms with Crippen LogP contribution >= 0.6 is 0 Å². The van der Waals surface area contributed by atoms with Crippen molar-refractivity contribution in [2.24, 2.45) is 39.9 Å². The number of hydrogen-bond acceptors (Lipinski definition) is 4. The number of carboxylic acid groups (broad SMARTS) is 1. The molecule has 27 heavy (non-hydrogen) atoms. The Morgan fingerprint density at radius 3 is 2.44 bits per heavy atom. The summed E-state index contributed by atoms with van der Waals surface area (Å²) < 4.78 is 0. The van der Waals surface area contributed by atoms with Crippen LogP contribution in [0.25, 0.3) is 0 Å². The Morgan fingerprint density at radius 1 is 1.30 bits per heavy atom. The second-order valence-electron chi connectivity index (χ2n) is 9.70. The summed E-state index contributed by atoms with van der Waals surface area (Å²) in [5, 5.41) is 31.2. The van der Waals surface area contributed by atoms with E-state index in [-0.39, 0.29) is 24.0 Å². The highest BCUT2D eigenvalue weighted by molar-refractivity contribution is 6.01. The standard InChI is InChI=1S/C22H32O5/c1-6-20(4)10-15(24)21(5)12(2)7-8-22(13(3)16(20)19(26)27)9-14(11-23)17(25)18(21)22/h6,11-13,15-16,18,23-24H,1,7-10H2,2-5H3,(H,26,27)/b14-11+/t12-,13-,15-,16-,18+,20-,21+,22+/m1/s1. The van der Waals surface area contributed by atoms with Gasteiger partial charge in [-0.15, -0.1) is 6.58 Å². The summed E-state index contributed by atoms with van der Waals surface area (Å²) in [5.74, 6) is -2.44. The number of aliphatic hydroxyl groups excluding tert-OH is 2. The predicted octanol–water partition coefficient (Wildman–Crippen LogP) is 3.73. The molecule has 5 heteroatoms. The summed E-state index contributed by atoms with van der Waals surface area (Å²) in [4.78, 5) is 25.6. The number of rotatable bonds is 2. The number of allylic oxidation sites excluding steroid dienone is 2. The Balaban J connectivity index is 2.31. The number of aliphatic hydroxyl groups is 2. The third-order valence-electron chi connectivity index (χ3n) is 8.76. The minimum atomic E-state index is -0.915. The lowest BCUT2D eigenvalue weighted by molar-refractivity contribution is -0.189. The zero-order valence-corrected chi connectivity index (χ0v) is 16.7. The molecule has 2 bridgehead atoms. The number of ketones is 1. The van der Waals surface area contributed by atoms with Crippen molar-refractivity contribution in [1.29, 1.82) is 0 Å². The van der Waals surface area contributed by atoms with Gasteiger partial charge in [-0.25, -0.2) is 0 Å². The van der Waals surface area contributed by atoms with Crippen LogP contribution in [0.4, 0.5) is 0 Å². The average molecular weight is 376 g/mol. The zero-order valence-electron chi connectivity index (χ0n) is 16.7. The van der Waals surface area contributed by atoms with Crippen LogP contribution in [0.5, 0.6) is 0 Å². The molecule has 150 valence electrons. The van der Waals surface area contributed by atoms with E-state index in [2.05, 4.69) is 13.5 Å². The first-order chi connectivity index (χ1) is 12.5. The van der Waals surface area contributed by atoms with Crippen molar-refractivity contribution in [3.63, 3.8) is 0 Å². The van der Waals surface area contributed by atoms with Gasteiger partial charge < -0.3 is 15.3 Å². The Labute approximate surface area is 161 Å². The number of Topliss-reactive ketones (excluding diaryl/α,β-unsaturated/α-hetero) is 1. The van der Waals surface area contributed by atoms with E-state index in [1.807, 2.05) is 20.8 Å². The summed E-state index contributed by atoms with van der Waals surface area (Å²) in [5.41, 5.74) is -1.65. The molecule has 0 spiro atoms. The molecular weight excluding hydrogens is 344 g/mol. The minimum Gasteiger partial charge on any atom is -0.515 e. The van der Waals surface area contributed by atoms with Gasteiger partial charge in [0, 0.05) is 22.3 Å². The third kappa shape index (κ3) is 2.40. The van der Waals surface area contributed by atoms with Crippen molar-refractivity contribution >= 4 is 11.8 Å². The Morgan fingerprint density at radius 2 is 1.93 bits per heavy atom. The molecule has 0 aromatic rings. The Bertz CT molecular complexity index is 711. The molecule has 3 aliphatic rings. The maximum absolute atomic E-state index is 13.3. The van der Waals surface area contributed by atoms with Gasteiger partial charge >= 0.3 is 5.97 Å². The van der Waals surface area contributed by atoms with Crippen LogP contribution in [0.1, 0.15) is 53.4 Å². The van der Waals surface area contributed by atoms with E-state index in [1.54, 1.807) is 6.08 Å². The van der Waals surface area contributed by atoms with E-state index < -0.39 is 40.2 Å². The number of carbonyl (C=O) groups excluding carboxylic acids is 1. The van der Waals surface area contributed by atoms with Gasteiger partial charge in [0.15, 0.2) is 5.78 Å². The fraction of sp³-hybridized carbons (Fsp3) is 0.727. The van der Waals surface area contributed by atoms with Crippen LogP contribution in [0.3, 0.4) is 0 Å². The predicted molar refractivity (Wildman–Crippen MR) is 102 cm³/mol. The second-order valence-corrected chi connectivity index (χ2v) is 9.70. The van der Waals surface area contributed by atoms with Crippen LogP contribution in [-0.2, 0) is 9.59 Å². The molecule has 0 saturated heterocycles. The van der Waals surface area contributed by atoms with E-state index >= 15 is 0 Å². The van der Waals surface area contributed by atoms with Crippen molar-refractivity contribution in [3.8, 4) is 0 Å². The lowest BCUT2D eigenvalue weighted by atomic mass is 9.42. The normalized spacial score (nSPS) is 51.4. The zero-order chi connectivity index (χ0) is 20.4. The lowest BCUT2D eigenvalue weighted by Crippen LogP contribution is -2.62. The fourth-order valence-electron chi connectivity index (χ4n) is 6.86. The molecule has 0 aliphatic heterocycles. The number of carbonyl (C=O) groups is 2. The maximum atomic E-state index is 13.3. The lowest BCUT2D eigenvalue weighted by Gasteiger charge is -2.61. The molecule has 8 atom stereocenters. The molecule has 3 saturated carbocycles. The van der Waals surface area contributed by atoms with Gasteiger partial charge in [-0.05, 0) is 42.9 Å². The van der Waals surface area contributed by atoms with E-state index in [9.17, 15) is 24.9 Å². The quantitative estimate of drug-likeness (QED) is 0.388. The molecule has 0 radical (unpaired) electrons. The molecule has 0 unspecified atom stereocenters. The maximum Gasteiger partial charge on any atom is 0.307 e. The van der Waals surface area contributed by atoms with Gasteiger partial charge in [0.25, 0.3) is 0 Å². The van der Waals surface area contributed by atoms with Crippen molar-refractivity contribution in [3.05, 3.63) is 24.5 Å². The van der Waals surface area contributed by atoms with Crippen LogP contribution in [0, 0.1) is 39.9 Å². The first kappa shape index (κ1) is 20.1. The topological polar surface area (TPSA) is 94.8 Å². The van der Waals surface area contributed by atoms with Gasteiger partial charge in [-0.1, -0.05) is 33.8 Å². The second kappa shape index (κ2) is 6.20. The van der Waals surface area contributed by atoms with E-state index in [0.717, 1.165) is 19.1 Å². The van der Waals surface area contributed by atoms with Crippen LogP contribution < -0.4 is 0 Å². The highest BCUT2D eigenvalue weighted by Crippen LogP contribution is 2.69. The van der Waals surface area contributed by atoms with Crippen LogP contribution in [-0.4, -0.2) is 33.2 Å². The summed E-state index contributed by atoms with van der Waals surface area (Å²) in [6.07, 6.45) is 3.94. The molecular formula is C22H32O5. The smallest absolute Gasteiger partial charge is 0.307 e. The number of aliphatic carboxylic acids is 1. The van der Waals surface area contributed by atoms with Crippen LogP contribution in [0.15, 0.2) is 24.5 Å². The highest BCUT2D eigenvalue weighted by Gasteiger charge is 2.69. The van der Waals surface area contributed by atoms with Crippen molar-refractivity contribution in [2.45, 2.75) is 59.5 Å². The first-order valence-electron chi connectivity index (χ1n) is 9.91. The van der Waals surface area contributed by atoms with E-state index in [4.69, 9.17) is 0 Å². The molecule has 0 heterocycles. The molecule has 0 amide bonds. The molecule has 0 aromatic carbocycles. The molecule has 3 fully saturated rings. The molecule has 3 aliphatic carbocycles. The van der Waals surface area contributed by atoms with Gasteiger partial charge in [-0.2, -0.15) is 0 Å². The summed E-state index contributed by atoms with van der Waals surface area (Å²) in [6, 6.07) is 0. The van der Waals surface area contributed by atoms with Crippen molar-refractivity contribution in [1.82, 2.24) is 0 Å². The third-order valence-corrected chi connectivity index (χ3v) is 8.76. The molecule has 3 rings (SSSR count). The molecule has 3 N–H and O–H groups in total. The summed E-state index contributed by atoms with van der Waals surface area (Å²) in [6.45, 7) is 11.8. The van der Waals surface area contributed by atoms with E-state index in [0.29, 0.717) is 12.0 Å². The average Bonchev–Trinajstić information content (AvgIpc) is 2.91. The Hall–Kier alpha value is -1.62. The monoisotopic (exact) mass is 376 g/mol. The number of carboxylic acids is 1. The van der Waals surface area contributed by atoms with Gasteiger partial charge in [-0.3, -0.25) is 9.59 Å². The van der Waals surface area contributed by atoms with Crippen molar-refractivity contribution < 1.29 is 24.9 Å². The van der Waals surface area contributed by atoms with Gasteiger partial charge in [0.2, 0.25) is 0 Å². The number of hydrogen-bond donors (Lipinski definition) is 3. The first-order valence-corrected chi connectivity index (χ1v) is 9.91. The minimum absolute atomic E-state index is 0.121. The molecule has 5 nitrogen and oxygen atoms in total. The molecule has 0 aromatic heterocycles. The van der Waals surface area contributed by atoms with Crippen molar-refractivity contribution in [2.75, 3.05) is 0 Å². The largest absolute Gasteiger partial charge is 0.515 e. The SMILES string of the molecule is C=C[C@]1(C)C[C@@H](O)[C@]2(C)[C@H](C)CC[C@]3(C/C(=C\O)C(=O)[C@H]32)[C@H](C)[C@@H]1C(=O)O. The van der Waals surface area contributed by atoms with Gasteiger partial charge in [0.05, 0.1) is 18.3 Å². The van der Waals surface area contributed by atoms with Gasteiger partial charge in [0.1, 0.15) is 0 Å². The fourth-order valence-corrected chi connectivity index (χ4v) is 6.86. The van der Waals surface area contributed by atoms with E-state index in [1.165, 1.54) is 0 Å². The van der Waals surface area contributed by atoms with Crippen LogP contribution in [0.2, 0.25) is 0 Å². The summed E-state index contributed by atoms with van der Waals surface area (Å²) >= 11 is 0. The Kier molecular flexibility index (Phi) is 4.62. The highest BCUT2D eigenvalue weighted by atomic mass is 16.4. The summed E-state index contributed by atoms with van der Waals surface area (Å²) in [7, 11) is 0.